The van der Waals surface area contributed by atoms with E-state index in [0.717, 1.165) is 5.56 Å². The van der Waals surface area contributed by atoms with Crippen LogP contribution >= 0.6 is 0 Å². The summed E-state index contributed by atoms with van der Waals surface area (Å²) >= 11 is 0. The number of hydrogen-bond donors (Lipinski definition) is 1. The number of nitrogens with zero attached hydrogens (tertiary/aromatic N) is 1. The van der Waals surface area contributed by atoms with E-state index in [0.29, 0.717) is 6.54 Å². The first-order valence-corrected chi connectivity index (χ1v) is 6.19. The van der Waals surface area contributed by atoms with Crippen molar-refractivity contribution in [2.24, 2.45) is 5.92 Å². The van der Waals surface area contributed by atoms with Crippen molar-refractivity contribution in [2.45, 2.75) is 19.9 Å². The molecular weight excluding hydrogens is 244 g/mol. The zero-order valence-electron chi connectivity index (χ0n) is 10.8. The first kappa shape index (κ1) is 13.3. The Labute approximate surface area is 111 Å². The third-order valence-electron chi connectivity index (χ3n) is 3.17. The van der Waals surface area contributed by atoms with Crippen LogP contribution in [0, 0.1) is 5.92 Å². The highest BCUT2D eigenvalue weighted by Gasteiger charge is 2.32. The van der Waals surface area contributed by atoms with Crippen LogP contribution in [-0.2, 0) is 20.9 Å². The van der Waals surface area contributed by atoms with Gasteiger partial charge in [0.25, 0.3) is 0 Å². The van der Waals surface area contributed by atoms with Crippen LogP contribution in [-0.4, -0.2) is 29.2 Å². The fraction of sp³-hybridized carbons (Fsp3) is 0.357. The summed E-state index contributed by atoms with van der Waals surface area (Å²) in [5.41, 5.74) is 1.00. The third kappa shape index (κ3) is 3.40. The number of hydrogen-bond acceptors (Lipinski definition) is 3. The highest BCUT2D eigenvalue weighted by Crippen LogP contribution is 2.15. The Balaban J connectivity index is 2.03. The van der Waals surface area contributed by atoms with Gasteiger partial charge in [-0.05, 0) is 5.56 Å². The molecule has 0 bridgehead atoms. The van der Waals surface area contributed by atoms with Gasteiger partial charge in [0, 0.05) is 26.4 Å². The molecular formula is C14H16N2O3. The van der Waals surface area contributed by atoms with Crippen molar-refractivity contribution in [3.05, 3.63) is 35.9 Å². The lowest BCUT2D eigenvalue weighted by Gasteiger charge is -2.23. The Morgan fingerprint density at radius 2 is 2.00 bits per heavy atom. The molecule has 3 amide bonds. The van der Waals surface area contributed by atoms with E-state index < -0.39 is 5.92 Å². The molecule has 1 aliphatic rings. The summed E-state index contributed by atoms with van der Waals surface area (Å²) < 4.78 is 0. The number of amides is 3. The van der Waals surface area contributed by atoms with E-state index in [2.05, 4.69) is 5.32 Å². The minimum Gasteiger partial charge on any atom is -0.338 e. The third-order valence-corrected chi connectivity index (χ3v) is 3.17. The summed E-state index contributed by atoms with van der Waals surface area (Å²) in [6.07, 6.45) is 0.164. The largest absolute Gasteiger partial charge is 0.338 e. The molecule has 100 valence electrons. The first-order valence-electron chi connectivity index (χ1n) is 6.19. The average Bonchev–Trinajstić information content (AvgIpc) is 2.68. The van der Waals surface area contributed by atoms with Crippen LogP contribution in [0.3, 0.4) is 0 Å². The summed E-state index contributed by atoms with van der Waals surface area (Å²) in [4.78, 5) is 35.9. The lowest BCUT2D eigenvalue weighted by atomic mass is 10.1. The molecule has 1 aromatic rings. The Morgan fingerprint density at radius 3 is 2.53 bits per heavy atom. The van der Waals surface area contributed by atoms with Gasteiger partial charge in [0.15, 0.2) is 0 Å². The van der Waals surface area contributed by atoms with Gasteiger partial charge in [0.05, 0.1) is 5.92 Å². The van der Waals surface area contributed by atoms with Crippen LogP contribution < -0.4 is 5.32 Å². The molecule has 1 N–H and O–H groups in total. The first-order chi connectivity index (χ1) is 9.06. The van der Waals surface area contributed by atoms with Gasteiger partial charge in [0.1, 0.15) is 0 Å². The summed E-state index contributed by atoms with van der Waals surface area (Å²) in [6, 6.07) is 9.56. The van der Waals surface area contributed by atoms with Crippen molar-refractivity contribution in [3.8, 4) is 0 Å². The standard InChI is InChI=1S/C14H16N2O3/c1-10(17)16(8-11-5-3-2-4-6-11)9-12-7-13(18)15-14(12)19/h2-6,12H,7-9H2,1H3,(H,15,18,19)/t12-/m0/s1. The van der Waals surface area contributed by atoms with Crippen molar-refractivity contribution >= 4 is 17.7 Å². The second kappa shape index (κ2) is 5.65. The molecule has 1 aliphatic heterocycles. The van der Waals surface area contributed by atoms with Crippen LogP contribution in [0.15, 0.2) is 30.3 Å². The fourth-order valence-electron chi connectivity index (χ4n) is 2.13. The Kier molecular flexibility index (Phi) is 3.94. The van der Waals surface area contributed by atoms with Crippen molar-refractivity contribution < 1.29 is 14.4 Å². The lowest BCUT2D eigenvalue weighted by Crippen LogP contribution is -2.36. The molecule has 0 radical (unpaired) electrons. The Hall–Kier alpha value is -2.17. The Bertz CT molecular complexity index is 499. The molecule has 1 heterocycles. The maximum absolute atomic E-state index is 11.6. The molecule has 19 heavy (non-hydrogen) atoms. The van der Waals surface area contributed by atoms with E-state index in [-0.39, 0.29) is 30.7 Å². The SMILES string of the molecule is CC(=O)N(Cc1ccccc1)C[C@@H]1CC(=O)NC1=O. The van der Waals surface area contributed by atoms with Gasteiger partial charge < -0.3 is 4.90 Å². The predicted molar refractivity (Wildman–Crippen MR) is 68.8 cm³/mol. The van der Waals surface area contributed by atoms with Crippen LogP contribution in [0.4, 0.5) is 0 Å². The van der Waals surface area contributed by atoms with Gasteiger partial charge in [-0.25, -0.2) is 0 Å². The molecule has 1 aromatic carbocycles. The number of rotatable bonds is 4. The van der Waals surface area contributed by atoms with Crippen LogP contribution in [0.2, 0.25) is 0 Å². The highest BCUT2D eigenvalue weighted by molar-refractivity contribution is 6.03. The predicted octanol–water partition coefficient (Wildman–Crippen LogP) is 0.698. The fourth-order valence-corrected chi connectivity index (χ4v) is 2.13. The molecule has 0 aromatic heterocycles. The summed E-state index contributed by atoms with van der Waals surface area (Å²) in [5, 5.41) is 2.26. The maximum Gasteiger partial charge on any atom is 0.231 e. The zero-order chi connectivity index (χ0) is 13.8. The van der Waals surface area contributed by atoms with E-state index in [4.69, 9.17) is 0 Å². The van der Waals surface area contributed by atoms with E-state index in [9.17, 15) is 14.4 Å². The number of imide groups is 1. The van der Waals surface area contributed by atoms with Gasteiger partial charge in [-0.1, -0.05) is 30.3 Å². The zero-order valence-corrected chi connectivity index (χ0v) is 10.8. The topological polar surface area (TPSA) is 66.5 Å². The molecule has 0 spiro atoms. The second-order valence-electron chi connectivity index (χ2n) is 4.70. The molecule has 0 unspecified atom stereocenters. The molecule has 1 saturated heterocycles. The number of carbonyl (C=O) groups excluding carboxylic acids is 3. The number of nitrogens with one attached hydrogen (secondary N) is 1. The van der Waals surface area contributed by atoms with Gasteiger partial charge in [-0.15, -0.1) is 0 Å². The van der Waals surface area contributed by atoms with Crippen LogP contribution in [0.1, 0.15) is 18.9 Å². The average molecular weight is 260 g/mol. The molecule has 0 saturated carbocycles. The van der Waals surface area contributed by atoms with Crippen molar-refractivity contribution in [1.82, 2.24) is 10.2 Å². The Morgan fingerprint density at radius 1 is 1.32 bits per heavy atom. The van der Waals surface area contributed by atoms with Crippen LogP contribution in [0.25, 0.3) is 0 Å². The van der Waals surface area contributed by atoms with E-state index in [1.807, 2.05) is 30.3 Å². The summed E-state index contributed by atoms with van der Waals surface area (Å²) in [6.45, 7) is 2.20. The molecule has 5 nitrogen and oxygen atoms in total. The van der Waals surface area contributed by atoms with E-state index in [1.165, 1.54) is 6.92 Å². The smallest absolute Gasteiger partial charge is 0.231 e. The van der Waals surface area contributed by atoms with Crippen molar-refractivity contribution in [3.63, 3.8) is 0 Å². The van der Waals surface area contributed by atoms with E-state index >= 15 is 0 Å². The number of benzene rings is 1. The normalized spacial score (nSPS) is 18.3. The van der Waals surface area contributed by atoms with Gasteiger partial charge in [-0.3, -0.25) is 19.7 Å². The molecule has 5 heteroatoms. The van der Waals surface area contributed by atoms with E-state index in [1.54, 1.807) is 4.90 Å². The summed E-state index contributed by atoms with van der Waals surface area (Å²) in [5.74, 6) is -1.08. The minimum atomic E-state index is -0.430. The molecule has 1 fully saturated rings. The monoisotopic (exact) mass is 260 g/mol. The lowest BCUT2D eigenvalue weighted by molar-refractivity contribution is -0.131. The minimum absolute atomic E-state index is 0.101. The van der Waals surface area contributed by atoms with Crippen molar-refractivity contribution in [2.75, 3.05) is 6.54 Å². The van der Waals surface area contributed by atoms with Crippen molar-refractivity contribution in [1.29, 1.82) is 0 Å². The molecule has 0 aliphatic carbocycles. The maximum atomic E-state index is 11.6. The second-order valence-corrected chi connectivity index (χ2v) is 4.70. The molecule has 1 atom stereocenters. The van der Waals surface area contributed by atoms with Crippen LogP contribution in [0.5, 0.6) is 0 Å². The molecule has 2 rings (SSSR count). The summed E-state index contributed by atoms with van der Waals surface area (Å²) in [7, 11) is 0. The quantitative estimate of drug-likeness (QED) is 0.810. The highest BCUT2D eigenvalue weighted by atomic mass is 16.2. The number of carbonyl (C=O) groups is 3. The van der Waals surface area contributed by atoms with Gasteiger partial charge in [0.2, 0.25) is 17.7 Å². The van der Waals surface area contributed by atoms with Gasteiger partial charge >= 0.3 is 0 Å². The van der Waals surface area contributed by atoms with Gasteiger partial charge in [-0.2, -0.15) is 0 Å².